The molecule has 1 saturated heterocycles. The van der Waals surface area contributed by atoms with Gasteiger partial charge in [0.25, 0.3) is 0 Å². The van der Waals surface area contributed by atoms with Gasteiger partial charge >= 0.3 is 0 Å². The monoisotopic (exact) mass is 423 g/mol. The van der Waals surface area contributed by atoms with Gasteiger partial charge in [0.2, 0.25) is 0 Å². The summed E-state index contributed by atoms with van der Waals surface area (Å²) in [6.07, 6.45) is 6.14. The van der Waals surface area contributed by atoms with Crippen LogP contribution in [0.2, 0.25) is 5.02 Å². The van der Waals surface area contributed by atoms with Crippen molar-refractivity contribution < 1.29 is 4.74 Å². The van der Waals surface area contributed by atoms with Crippen LogP contribution in [0.1, 0.15) is 24.9 Å². The molecule has 1 aromatic carbocycles. The van der Waals surface area contributed by atoms with Gasteiger partial charge in [0.1, 0.15) is 11.8 Å². The van der Waals surface area contributed by atoms with Gasteiger partial charge in [0.05, 0.1) is 34.7 Å². The molecule has 3 aromatic heterocycles. The van der Waals surface area contributed by atoms with Gasteiger partial charge < -0.3 is 19.9 Å². The van der Waals surface area contributed by atoms with Crippen LogP contribution < -0.4 is 10.2 Å². The summed E-state index contributed by atoms with van der Waals surface area (Å²) in [6, 6.07) is 5.87. The van der Waals surface area contributed by atoms with Crippen molar-refractivity contribution in [3.63, 3.8) is 0 Å². The Bertz CT molecular complexity index is 1210. The Balaban J connectivity index is 1.61. The molecule has 0 spiro atoms. The first kappa shape index (κ1) is 19.0. The molecule has 0 aliphatic carbocycles. The fraction of sp³-hybridized carbons (Fsp3) is 0.333. The average molecular weight is 424 g/mol. The molecule has 0 amide bonds. The maximum atomic E-state index is 6.67. The van der Waals surface area contributed by atoms with Crippen LogP contribution in [-0.2, 0) is 4.74 Å². The van der Waals surface area contributed by atoms with Crippen molar-refractivity contribution in [2.75, 3.05) is 30.4 Å². The minimum absolute atomic E-state index is 0.0831. The van der Waals surface area contributed by atoms with E-state index < -0.39 is 0 Å². The molecule has 0 radical (unpaired) electrons. The topological polar surface area (TPSA) is 91.8 Å². The number of pyridine rings is 1. The van der Waals surface area contributed by atoms with Crippen LogP contribution in [0.15, 0.2) is 37.1 Å². The zero-order chi connectivity index (χ0) is 20.7. The van der Waals surface area contributed by atoms with Gasteiger partial charge in [-0.2, -0.15) is 0 Å². The first-order chi connectivity index (χ1) is 14.7. The number of anilines is 2. The lowest BCUT2D eigenvalue weighted by molar-refractivity contribution is 0.121. The summed E-state index contributed by atoms with van der Waals surface area (Å²) < 4.78 is 5.60. The molecule has 2 atom stereocenters. The van der Waals surface area contributed by atoms with E-state index in [0.29, 0.717) is 22.0 Å². The van der Waals surface area contributed by atoms with Crippen LogP contribution in [0.5, 0.6) is 0 Å². The molecule has 2 N–H and O–H groups in total. The van der Waals surface area contributed by atoms with Crippen LogP contribution in [-0.4, -0.2) is 51.2 Å². The van der Waals surface area contributed by atoms with Crippen LogP contribution in [0.25, 0.3) is 22.1 Å². The van der Waals surface area contributed by atoms with Gasteiger partial charge in [-0.05, 0) is 31.5 Å². The molecule has 1 aliphatic rings. The number of H-pyrrole nitrogens is 1. The second kappa shape index (κ2) is 7.70. The molecule has 30 heavy (non-hydrogen) atoms. The number of aromatic nitrogens is 5. The molecule has 1 aliphatic heterocycles. The standard InChI is InChI=1S/C21H22ClN7O/c1-12(28-21-18-20(25-10-24-18)26-11-27-21)15-8-16(22)14-4-3-6-23-17(14)19(15)29-7-5-13(9-29)30-2/h3-4,6,8,10-13H,5,7,9H2,1-2H3,(H2,24,25,26,27,28). The number of imidazole rings is 1. The Kier molecular flexibility index (Phi) is 4.88. The van der Waals surface area contributed by atoms with Crippen molar-refractivity contribution in [1.29, 1.82) is 0 Å². The van der Waals surface area contributed by atoms with Gasteiger partial charge in [-0.25, -0.2) is 15.0 Å². The maximum Gasteiger partial charge on any atom is 0.162 e. The van der Waals surface area contributed by atoms with Gasteiger partial charge in [-0.1, -0.05) is 11.6 Å². The number of nitrogens with one attached hydrogen (secondary N) is 2. The number of benzene rings is 1. The Morgan fingerprint density at radius 3 is 3.00 bits per heavy atom. The van der Waals surface area contributed by atoms with Crippen molar-refractivity contribution in [3.8, 4) is 0 Å². The van der Waals surface area contributed by atoms with E-state index >= 15 is 0 Å². The van der Waals surface area contributed by atoms with E-state index in [0.717, 1.165) is 41.7 Å². The highest BCUT2D eigenvalue weighted by molar-refractivity contribution is 6.36. The van der Waals surface area contributed by atoms with E-state index in [9.17, 15) is 0 Å². The number of nitrogens with zero attached hydrogens (tertiary/aromatic N) is 5. The fourth-order valence-corrected chi connectivity index (χ4v) is 4.42. The van der Waals surface area contributed by atoms with Crippen molar-refractivity contribution in [3.05, 3.63) is 47.6 Å². The number of hydrogen-bond donors (Lipinski definition) is 2. The highest BCUT2D eigenvalue weighted by Crippen LogP contribution is 2.40. The number of hydrogen-bond acceptors (Lipinski definition) is 7. The summed E-state index contributed by atoms with van der Waals surface area (Å²) in [7, 11) is 1.77. The van der Waals surface area contributed by atoms with E-state index in [2.05, 4.69) is 37.1 Å². The van der Waals surface area contributed by atoms with E-state index in [4.69, 9.17) is 21.3 Å². The van der Waals surface area contributed by atoms with Gasteiger partial charge in [-0.15, -0.1) is 0 Å². The first-order valence-electron chi connectivity index (χ1n) is 9.91. The predicted molar refractivity (Wildman–Crippen MR) is 118 cm³/mol. The van der Waals surface area contributed by atoms with Gasteiger partial charge in [-0.3, -0.25) is 4.98 Å². The SMILES string of the molecule is COC1CCN(c2c(C(C)Nc3ncnc4[nH]cnc34)cc(Cl)c3cccnc23)C1. The molecule has 2 unspecified atom stereocenters. The number of fused-ring (bicyclic) bond motifs is 2. The second-order valence-corrected chi connectivity index (χ2v) is 7.88. The lowest BCUT2D eigenvalue weighted by atomic mass is 10.0. The van der Waals surface area contributed by atoms with Gasteiger partial charge in [0, 0.05) is 37.3 Å². The van der Waals surface area contributed by atoms with Crippen LogP contribution in [0, 0.1) is 0 Å². The molecular formula is C21H22ClN7O. The number of halogens is 1. The van der Waals surface area contributed by atoms with Crippen molar-refractivity contribution in [2.45, 2.75) is 25.5 Å². The molecule has 1 fully saturated rings. The Hall–Kier alpha value is -2.97. The summed E-state index contributed by atoms with van der Waals surface area (Å²) in [4.78, 5) is 23.0. The Morgan fingerprint density at radius 1 is 1.27 bits per heavy atom. The third kappa shape index (κ3) is 3.22. The molecule has 0 saturated carbocycles. The summed E-state index contributed by atoms with van der Waals surface area (Å²) in [5, 5.41) is 5.12. The molecule has 0 bridgehead atoms. The number of aromatic amines is 1. The number of rotatable bonds is 5. The normalized spacial score (nSPS) is 17.7. The van der Waals surface area contributed by atoms with Crippen LogP contribution >= 0.6 is 11.6 Å². The van der Waals surface area contributed by atoms with Crippen molar-refractivity contribution in [1.82, 2.24) is 24.9 Å². The molecular weight excluding hydrogens is 402 g/mol. The average Bonchev–Trinajstić information content (AvgIpc) is 3.43. The molecule has 8 nitrogen and oxygen atoms in total. The highest BCUT2D eigenvalue weighted by Gasteiger charge is 2.28. The van der Waals surface area contributed by atoms with Crippen molar-refractivity contribution >= 4 is 45.2 Å². The third-order valence-electron chi connectivity index (χ3n) is 5.68. The summed E-state index contributed by atoms with van der Waals surface area (Å²) in [6.45, 7) is 3.82. The molecule has 4 heterocycles. The molecule has 154 valence electrons. The number of ether oxygens (including phenoxy) is 1. The summed E-state index contributed by atoms with van der Waals surface area (Å²) >= 11 is 6.67. The van der Waals surface area contributed by atoms with Crippen molar-refractivity contribution in [2.24, 2.45) is 0 Å². The van der Waals surface area contributed by atoms with Crippen LogP contribution in [0.4, 0.5) is 11.5 Å². The summed E-state index contributed by atoms with van der Waals surface area (Å²) in [5.41, 5.74) is 4.45. The first-order valence-corrected chi connectivity index (χ1v) is 10.3. The van der Waals surface area contributed by atoms with E-state index in [1.807, 2.05) is 24.4 Å². The number of methoxy groups -OCH3 is 1. The minimum Gasteiger partial charge on any atom is -0.380 e. The quantitative estimate of drug-likeness (QED) is 0.502. The predicted octanol–water partition coefficient (Wildman–Crippen LogP) is 3.95. The zero-order valence-corrected chi connectivity index (χ0v) is 17.5. The fourth-order valence-electron chi connectivity index (χ4n) is 4.15. The van der Waals surface area contributed by atoms with E-state index in [1.165, 1.54) is 6.33 Å². The molecule has 4 aromatic rings. The minimum atomic E-state index is -0.0831. The lowest BCUT2D eigenvalue weighted by Gasteiger charge is -2.27. The Morgan fingerprint density at radius 2 is 2.17 bits per heavy atom. The third-order valence-corrected chi connectivity index (χ3v) is 5.99. The zero-order valence-electron chi connectivity index (χ0n) is 16.8. The van der Waals surface area contributed by atoms with E-state index in [1.54, 1.807) is 13.4 Å². The van der Waals surface area contributed by atoms with Gasteiger partial charge in [0.15, 0.2) is 11.5 Å². The second-order valence-electron chi connectivity index (χ2n) is 7.48. The molecule has 5 rings (SSSR count). The van der Waals surface area contributed by atoms with Crippen LogP contribution in [0.3, 0.4) is 0 Å². The largest absolute Gasteiger partial charge is 0.380 e. The molecule has 9 heteroatoms. The Labute approximate surface area is 178 Å². The smallest absolute Gasteiger partial charge is 0.162 e. The van der Waals surface area contributed by atoms with E-state index in [-0.39, 0.29) is 12.1 Å². The highest BCUT2D eigenvalue weighted by atomic mass is 35.5. The summed E-state index contributed by atoms with van der Waals surface area (Å²) in [5.74, 6) is 0.674. The lowest BCUT2D eigenvalue weighted by Crippen LogP contribution is -2.25. The maximum absolute atomic E-state index is 6.67.